The minimum Gasteiger partial charge on any atom is -0.466 e. The summed E-state index contributed by atoms with van der Waals surface area (Å²) in [5.74, 6) is 1.97. The maximum absolute atomic E-state index is 10.8. The van der Waals surface area contributed by atoms with Crippen molar-refractivity contribution in [3.63, 3.8) is 0 Å². The molecule has 0 atom stereocenters. The summed E-state index contributed by atoms with van der Waals surface area (Å²) in [5.41, 5.74) is 0. The molecule has 0 bridgehead atoms. The van der Waals surface area contributed by atoms with E-state index in [1.807, 2.05) is 12.1 Å². The van der Waals surface area contributed by atoms with Crippen LogP contribution in [0, 0.1) is 0 Å². The molecule has 0 fully saturated rings. The van der Waals surface area contributed by atoms with Crippen LogP contribution in [0.5, 0.6) is 0 Å². The summed E-state index contributed by atoms with van der Waals surface area (Å²) in [6.07, 6.45) is 2.32. The molecular weight excluding hydrogens is 192 g/mol. The number of carbonyl (C=O) groups is 2. The molecular formula is C12H16O3. The van der Waals surface area contributed by atoms with Gasteiger partial charge in [-0.3, -0.25) is 0 Å². The van der Waals surface area contributed by atoms with Gasteiger partial charge in [-0.15, -0.1) is 0 Å². The van der Waals surface area contributed by atoms with E-state index in [4.69, 9.17) is 4.42 Å². The van der Waals surface area contributed by atoms with Crippen molar-refractivity contribution in [3.05, 3.63) is 23.7 Å². The summed E-state index contributed by atoms with van der Waals surface area (Å²) >= 11 is 0. The zero-order valence-corrected chi connectivity index (χ0v) is 9.21. The van der Waals surface area contributed by atoms with Gasteiger partial charge in [0.05, 0.1) is 0 Å². The minimum atomic E-state index is 0.164. The molecule has 15 heavy (non-hydrogen) atoms. The molecule has 0 aromatic carbocycles. The van der Waals surface area contributed by atoms with Gasteiger partial charge in [-0.25, -0.2) is 0 Å². The Kier molecular flexibility index (Phi) is 4.28. The van der Waals surface area contributed by atoms with Crippen molar-refractivity contribution in [1.29, 1.82) is 0 Å². The number of ketones is 2. The van der Waals surface area contributed by atoms with Crippen molar-refractivity contribution >= 4 is 11.6 Å². The molecule has 1 aromatic rings. The van der Waals surface area contributed by atoms with E-state index < -0.39 is 0 Å². The monoisotopic (exact) mass is 208 g/mol. The van der Waals surface area contributed by atoms with Crippen LogP contribution >= 0.6 is 0 Å². The van der Waals surface area contributed by atoms with Gasteiger partial charge in [0.25, 0.3) is 0 Å². The Morgan fingerprint density at radius 2 is 1.40 bits per heavy atom. The van der Waals surface area contributed by atoms with E-state index in [-0.39, 0.29) is 11.6 Å². The zero-order valence-electron chi connectivity index (χ0n) is 9.21. The van der Waals surface area contributed by atoms with Gasteiger partial charge in [0.15, 0.2) is 0 Å². The molecule has 3 heteroatoms. The van der Waals surface area contributed by atoms with E-state index in [2.05, 4.69) is 0 Å². The van der Waals surface area contributed by atoms with Crippen LogP contribution in [-0.4, -0.2) is 11.6 Å². The van der Waals surface area contributed by atoms with E-state index in [1.54, 1.807) is 13.8 Å². The summed E-state index contributed by atoms with van der Waals surface area (Å²) in [7, 11) is 0. The molecule has 0 aliphatic carbocycles. The molecule has 0 spiro atoms. The van der Waals surface area contributed by atoms with Crippen molar-refractivity contribution < 1.29 is 14.0 Å². The Morgan fingerprint density at radius 1 is 1.00 bits per heavy atom. The first kappa shape index (κ1) is 11.7. The predicted octanol–water partition coefficient (Wildman–Crippen LogP) is 2.32. The Bertz CT molecular complexity index is 317. The summed E-state index contributed by atoms with van der Waals surface area (Å²) in [4.78, 5) is 21.5. The fourth-order valence-corrected chi connectivity index (χ4v) is 1.29. The van der Waals surface area contributed by atoms with Crippen LogP contribution in [0.4, 0.5) is 0 Å². The van der Waals surface area contributed by atoms with Gasteiger partial charge in [0.1, 0.15) is 23.1 Å². The van der Waals surface area contributed by atoms with Crippen molar-refractivity contribution in [1.82, 2.24) is 0 Å². The third-order valence-electron chi connectivity index (χ3n) is 2.16. The maximum atomic E-state index is 10.8. The van der Waals surface area contributed by atoms with E-state index >= 15 is 0 Å². The van der Waals surface area contributed by atoms with Crippen LogP contribution in [0.2, 0.25) is 0 Å². The van der Waals surface area contributed by atoms with Gasteiger partial charge in [-0.2, -0.15) is 0 Å². The zero-order chi connectivity index (χ0) is 11.3. The number of rotatable bonds is 6. The van der Waals surface area contributed by atoms with Crippen molar-refractivity contribution in [2.75, 3.05) is 0 Å². The third-order valence-corrected chi connectivity index (χ3v) is 2.16. The van der Waals surface area contributed by atoms with Gasteiger partial charge in [0.2, 0.25) is 0 Å². The molecule has 0 unspecified atom stereocenters. The Balaban J connectivity index is 2.41. The van der Waals surface area contributed by atoms with E-state index in [0.29, 0.717) is 25.7 Å². The predicted molar refractivity (Wildman–Crippen MR) is 56.7 cm³/mol. The molecule has 1 rings (SSSR count). The molecule has 0 aliphatic heterocycles. The van der Waals surface area contributed by atoms with Gasteiger partial charge in [0, 0.05) is 25.7 Å². The minimum absolute atomic E-state index is 0.164. The lowest BCUT2D eigenvalue weighted by molar-refractivity contribution is -0.117. The first-order valence-corrected chi connectivity index (χ1v) is 5.14. The molecule has 0 radical (unpaired) electrons. The van der Waals surface area contributed by atoms with E-state index in [9.17, 15) is 9.59 Å². The molecule has 82 valence electrons. The maximum Gasteiger partial charge on any atom is 0.130 e. The van der Waals surface area contributed by atoms with Crippen LogP contribution in [0.15, 0.2) is 16.5 Å². The molecule has 0 saturated carbocycles. The lowest BCUT2D eigenvalue weighted by atomic mass is 10.2. The van der Waals surface area contributed by atoms with Crippen molar-refractivity contribution in [3.8, 4) is 0 Å². The second kappa shape index (κ2) is 5.49. The standard InChI is InChI=1S/C12H16O3/c1-9(13)3-5-11-7-8-12(15-11)6-4-10(2)14/h7-8H,3-6H2,1-2H3. The highest BCUT2D eigenvalue weighted by Crippen LogP contribution is 2.12. The smallest absolute Gasteiger partial charge is 0.130 e. The lowest BCUT2D eigenvalue weighted by Gasteiger charge is -1.95. The molecule has 0 N–H and O–H groups in total. The average molecular weight is 208 g/mol. The summed E-state index contributed by atoms with van der Waals surface area (Å²) in [5, 5.41) is 0. The van der Waals surface area contributed by atoms with Gasteiger partial charge < -0.3 is 14.0 Å². The Hall–Kier alpha value is -1.38. The van der Waals surface area contributed by atoms with E-state index in [1.165, 1.54) is 0 Å². The molecule has 1 heterocycles. The average Bonchev–Trinajstić information content (AvgIpc) is 2.59. The molecule has 0 amide bonds. The van der Waals surface area contributed by atoms with Gasteiger partial charge in [-0.05, 0) is 26.0 Å². The number of hydrogen-bond acceptors (Lipinski definition) is 3. The van der Waals surface area contributed by atoms with Crippen LogP contribution in [0.1, 0.15) is 38.2 Å². The molecule has 3 nitrogen and oxygen atoms in total. The number of carbonyl (C=O) groups excluding carboxylic acids is 2. The quantitative estimate of drug-likeness (QED) is 0.720. The molecule has 0 saturated heterocycles. The summed E-state index contributed by atoms with van der Waals surface area (Å²) < 4.78 is 5.48. The largest absolute Gasteiger partial charge is 0.466 e. The van der Waals surface area contributed by atoms with E-state index in [0.717, 1.165) is 11.5 Å². The summed E-state index contributed by atoms with van der Waals surface area (Å²) in [6.45, 7) is 3.14. The topological polar surface area (TPSA) is 47.3 Å². The Labute approximate surface area is 89.5 Å². The van der Waals surface area contributed by atoms with Gasteiger partial charge >= 0.3 is 0 Å². The first-order valence-electron chi connectivity index (χ1n) is 5.14. The molecule has 1 aromatic heterocycles. The second-order valence-corrected chi connectivity index (χ2v) is 3.77. The number of hydrogen-bond donors (Lipinski definition) is 0. The van der Waals surface area contributed by atoms with Crippen molar-refractivity contribution in [2.45, 2.75) is 39.5 Å². The summed E-state index contributed by atoms with van der Waals surface area (Å²) in [6, 6.07) is 3.75. The van der Waals surface area contributed by atoms with Crippen LogP contribution in [-0.2, 0) is 22.4 Å². The normalized spacial score (nSPS) is 10.3. The SMILES string of the molecule is CC(=O)CCc1ccc(CCC(C)=O)o1. The van der Waals surface area contributed by atoms with Crippen LogP contribution in [0.25, 0.3) is 0 Å². The number of aryl methyl sites for hydroxylation is 2. The molecule has 0 aliphatic rings. The number of furan rings is 1. The fraction of sp³-hybridized carbons (Fsp3) is 0.500. The lowest BCUT2D eigenvalue weighted by Crippen LogP contribution is -1.93. The second-order valence-electron chi connectivity index (χ2n) is 3.77. The Morgan fingerprint density at radius 3 is 1.73 bits per heavy atom. The fourth-order valence-electron chi connectivity index (χ4n) is 1.29. The highest BCUT2D eigenvalue weighted by molar-refractivity contribution is 5.76. The highest BCUT2D eigenvalue weighted by Gasteiger charge is 2.04. The van der Waals surface area contributed by atoms with Gasteiger partial charge in [-0.1, -0.05) is 0 Å². The van der Waals surface area contributed by atoms with Crippen LogP contribution < -0.4 is 0 Å². The third kappa shape index (κ3) is 4.58. The first-order chi connectivity index (χ1) is 7.08. The number of Topliss-reactive ketones (excluding diaryl/α,β-unsaturated/α-hetero) is 2. The van der Waals surface area contributed by atoms with Crippen molar-refractivity contribution in [2.24, 2.45) is 0 Å². The van der Waals surface area contributed by atoms with Crippen LogP contribution in [0.3, 0.4) is 0 Å². The highest BCUT2D eigenvalue weighted by atomic mass is 16.3.